The average molecular weight is 286 g/mol. The van der Waals surface area contributed by atoms with Gasteiger partial charge in [-0.15, -0.1) is 23.5 Å². The van der Waals surface area contributed by atoms with Crippen LogP contribution in [0.3, 0.4) is 0 Å². The van der Waals surface area contributed by atoms with E-state index < -0.39 is 0 Å². The second kappa shape index (κ2) is 5.26. The molecule has 2 atom stereocenters. The van der Waals surface area contributed by atoms with Crippen LogP contribution >= 0.6 is 23.5 Å². The average Bonchev–Trinajstić information content (AvgIpc) is 2.45. The summed E-state index contributed by atoms with van der Waals surface area (Å²) in [5.74, 6) is 0. The molecule has 1 aliphatic rings. The smallest absolute Gasteiger partial charge is 0.0438 e. The summed E-state index contributed by atoms with van der Waals surface area (Å²) in [4.78, 5) is 1.38. The van der Waals surface area contributed by atoms with Crippen LogP contribution in [-0.2, 0) is 0 Å². The maximum atomic E-state index is 2.36. The Morgan fingerprint density at radius 2 is 1.47 bits per heavy atom. The van der Waals surface area contributed by atoms with Gasteiger partial charge in [0, 0.05) is 20.1 Å². The standard InChI is InChI=1S/C17H18S2/c1-17(2)16(18-14-11-7-4-8-12-14)15(19-17)13-9-5-3-6-10-13/h3-12,15-16H,1-2H3. The fourth-order valence-electron chi connectivity index (χ4n) is 2.48. The lowest BCUT2D eigenvalue weighted by Gasteiger charge is -2.50. The quantitative estimate of drug-likeness (QED) is 0.739. The van der Waals surface area contributed by atoms with Crippen molar-refractivity contribution in [2.24, 2.45) is 0 Å². The molecule has 1 heterocycles. The maximum absolute atomic E-state index is 2.36. The van der Waals surface area contributed by atoms with Crippen LogP contribution in [0.2, 0.25) is 0 Å². The van der Waals surface area contributed by atoms with Crippen molar-refractivity contribution in [3.05, 3.63) is 66.2 Å². The Morgan fingerprint density at radius 1 is 0.895 bits per heavy atom. The number of benzene rings is 2. The number of hydrogen-bond acceptors (Lipinski definition) is 2. The Hall–Kier alpha value is -0.860. The van der Waals surface area contributed by atoms with Crippen molar-refractivity contribution in [1.29, 1.82) is 0 Å². The van der Waals surface area contributed by atoms with Crippen LogP contribution in [0, 0.1) is 0 Å². The topological polar surface area (TPSA) is 0 Å². The van der Waals surface area contributed by atoms with Crippen molar-refractivity contribution < 1.29 is 0 Å². The van der Waals surface area contributed by atoms with Gasteiger partial charge in [-0.1, -0.05) is 48.5 Å². The normalized spacial score (nSPS) is 24.7. The first-order valence-electron chi connectivity index (χ1n) is 6.61. The van der Waals surface area contributed by atoms with E-state index in [1.165, 1.54) is 10.5 Å². The largest absolute Gasteiger partial charge is 0.145 e. The molecule has 2 heteroatoms. The Bertz CT molecular complexity index is 534. The molecule has 98 valence electrons. The van der Waals surface area contributed by atoms with Gasteiger partial charge in [-0.3, -0.25) is 0 Å². The number of hydrogen-bond donors (Lipinski definition) is 0. The Labute approximate surface area is 124 Å². The fraction of sp³-hybridized carbons (Fsp3) is 0.294. The van der Waals surface area contributed by atoms with Gasteiger partial charge >= 0.3 is 0 Å². The van der Waals surface area contributed by atoms with Gasteiger partial charge in [0.05, 0.1) is 0 Å². The van der Waals surface area contributed by atoms with Gasteiger partial charge in [-0.2, -0.15) is 0 Å². The molecule has 0 N–H and O–H groups in total. The predicted octanol–water partition coefficient (Wildman–Crippen LogP) is 5.41. The molecule has 2 aromatic rings. The van der Waals surface area contributed by atoms with Crippen LogP contribution in [0.4, 0.5) is 0 Å². The monoisotopic (exact) mass is 286 g/mol. The summed E-state index contributed by atoms with van der Waals surface area (Å²) in [6.07, 6.45) is 0. The lowest BCUT2D eigenvalue weighted by Crippen LogP contribution is -2.45. The molecule has 0 spiro atoms. The van der Waals surface area contributed by atoms with Crippen molar-refractivity contribution in [2.75, 3.05) is 0 Å². The zero-order chi connectivity index (χ0) is 13.3. The zero-order valence-corrected chi connectivity index (χ0v) is 12.9. The summed E-state index contributed by atoms with van der Waals surface area (Å²) in [6.45, 7) is 4.72. The van der Waals surface area contributed by atoms with E-state index in [4.69, 9.17) is 0 Å². The SMILES string of the molecule is CC1(C)SC(c2ccccc2)C1Sc1ccccc1. The van der Waals surface area contributed by atoms with E-state index >= 15 is 0 Å². The highest BCUT2D eigenvalue weighted by atomic mass is 32.2. The molecule has 2 aromatic carbocycles. The van der Waals surface area contributed by atoms with Crippen LogP contribution in [0.5, 0.6) is 0 Å². The number of rotatable bonds is 3. The van der Waals surface area contributed by atoms with Gasteiger partial charge < -0.3 is 0 Å². The minimum absolute atomic E-state index is 0.348. The van der Waals surface area contributed by atoms with Crippen LogP contribution < -0.4 is 0 Å². The van der Waals surface area contributed by atoms with E-state index in [0.717, 1.165) is 0 Å². The number of thioether (sulfide) groups is 2. The summed E-state index contributed by atoms with van der Waals surface area (Å²) in [6, 6.07) is 21.7. The van der Waals surface area contributed by atoms with Crippen molar-refractivity contribution in [3.8, 4) is 0 Å². The van der Waals surface area contributed by atoms with E-state index in [2.05, 4.69) is 86.3 Å². The molecule has 1 aliphatic heterocycles. The molecular weight excluding hydrogens is 268 g/mol. The Kier molecular flexibility index (Phi) is 3.64. The highest BCUT2D eigenvalue weighted by molar-refractivity contribution is 8.08. The molecule has 3 rings (SSSR count). The van der Waals surface area contributed by atoms with E-state index in [0.29, 0.717) is 15.2 Å². The van der Waals surface area contributed by atoms with Crippen LogP contribution in [-0.4, -0.2) is 10.00 Å². The molecule has 2 unspecified atom stereocenters. The highest BCUT2D eigenvalue weighted by Crippen LogP contribution is 2.62. The molecule has 0 bridgehead atoms. The predicted molar refractivity (Wildman–Crippen MR) is 86.9 cm³/mol. The van der Waals surface area contributed by atoms with E-state index in [1.54, 1.807) is 0 Å². The molecule has 0 aliphatic carbocycles. The van der Waals surface area contributed by atoms with Crippen LogP contribution in [0.1, 0.15) is 24.7 Å². The van der Waals surface area contributed by atoms with Crippen LogP contribution in [0.15, 0.2) is 65.6 Å². The summed E-state index contributed by atoms with van der Waals surface area (Å²) in [5.41, 5.74) is 1.46. The van der Waals surface area contributed by atoms with Gasteiger partial charge in [-0.25, -0.2) is 0 Å². The molecule has 1 fully saturated rings. The second-order valence-corrected chi connectivity index (χ2v) is 8.41. The lowest BCUT2D eigenvalue weighted by atomic mass is 9.98. The van der Waals surface area contributed by atoms with E-state index in [1.807, 2.05) is 11.8 Å². The van der Waals surface area contributed by atoms with Gasteiger partial charge in [0.15, 0.2) is 0 Å². The zero-order valence-electron chi connectivity index (χ0n) is 11.2. The Morgan fingerprint density at radius 3 is 2.05 bits per heavy atom. The molecule has 19 heavy (non-hydrogen) atoms. The molecule has 0 radical (unpaired) electrons. The van der Waals surface area contributed by atoms with Gasteiger partial charge in [0.1, 0.15) is 0 Å². The molecule has 0 saturated carbocycles. The van der Waals surface area contributed by atoms with Gasteiger partial charge in [0.2, 0.25) is 0 Å². The van der Waals surface area contributed by atoms with E-state index in [-0.39, 0.29) is 0 Å². The Balaban J connectivity index is 1.81. The second-order valence-electron chi connectivity index (χ2n) is 5.40. The van der Waals surface area contributed by atoms with Crippen LogP contribution in [0.25, 0.3) is 0 Å². The molecule has 0 aromatic heterocycles. The highest BCUT2D eigenvalue weighted by Gasteiger charge is 2.49. The fourth-order valence-corrected chi connectivity index (χ4v) is 5.76. The first-order valence-corrected chi connectivity index (χ1v) is 8.37. The van der Waals surface area contributed by atoms with Gasteiger partial charge in [0.25, 0.3) is 0 Å². The van der Waals surface area contributed by atoms with Crippen molar-refractivity contribution in [2.45, 2.75) is 34.0 Å². The van der Waals surface area contributed by atoms with Crippen molar-refractivity contribution >= 4 is 23.5 Å². The summed E-state index contributed by atoms with van der Waals surface area (Å²) in [7, 11) is 0. The first-order chi connectivity index (χ1) is 9.17. The van der Waals surface area contributed by atoms with E-state index in [9.17, 15) is 0 Å². The maximum Gasteiger partial charge on any atom is 0.0438 e. The minimum atomic E-state index is 0.348. The summed E-state index contributed by atoms with van der Waals surface area (Å²) < 4.78 is 0.348. The molecular formula is C17H18S2. The molecule has 0 nitrogen and oxygen atoms in total. The third-order valence-electron chi connectivity index (χ3n) is 3.53. The lowest BCUT2D eigenvalue weighted by molar-refractivity contribution is 0.590. The summed E-state index contributed by atoms with van der Waals surface area (Å²) in [5, 5.41) is 1.25. The molecule has 0 amide bonds. The third-order valence-corrected chi connectivity index (χ3v) is 7.17. The first kappa shape index (κ1) is 13.1. The minimum Gasteiger partial charge on any atom is -0.145 e. The van der Waals surface area contributed by atoms with Crippen molar-refractivity contribution in [3.63, 3.8) is 0 Å². The third kappa shape index (κ3) is 2.70. The molecule has 1 saturated heterocycles. The van der Waals surface area contributed by atoms with Gasteiger partial charge in [-0.05, 0) is 31.5 Å². The van der Waals surface area contributed by atoms with Crippen molar-refractivity contribution in [1.82, 2.24) is 0 Å². The summed E-state index contributed by atoms with van der Waals surface area (Å²) >= 11 is 4.11.